The Morgan fingerprint density at radius 3 is 0.800 bits per heavy atom. The van der Waals surface area contributed by atoms with E-state index in [2.05, 4.69) is 264 Å². The second-order valence-corrected chi connectivity index (χ2v) is 16.3. The number of nitrogens with zero attached hydrogens (tertiary/aromatic N) is 2. The zero-order chi connectivity index (χ0) is 39.9. The van der Waals surface area contributed by atoms with Crippen LogP contribution in [0.5, 0.6) is 0 Å². The fraction of sp³-hybridized carbons (Fsp3) is 0. The van der Waals surface area contributed by atoms with Crippen molar-refractivity contribution in [2.75, 3.05) is 0 Å². The quantitative estimate of drug-likeness (QED) is 0.137. The first-order valence-electron chi connectivity index (χ1n) is 21.1. The Kier molecular flexibility index (Phi) is 8.71. The molecule has 4 heteroatoms. The Labute approximate surface area is 352 Å². The molecule has 4 heterocycles. The smallest absolute Gasteiger partial charge is 0.361 e. The molecule has 2 aliphatic heterocycles. The van der Waals surface area contributed by atoms with Gasteiger partial charge in [0.1, 0.15) is 23.8 Å². The van der Waals surface area contributed by atoms with E-state index >= 15 is 0 Å². The highest BCUT2D eigenvalue weighted by Gasteiger charge is 2.50. The summed E-state index contributed by atoms with van der Waals surface area (Å²) >= 11 is 0. The van der Waals surface area contributed by atoms with Gasteiger partial charge in [-0.3, -0.25) is 0 Å². The molecule has 11 rings (SSSR count). The first-order valence-corrected chi connectivity index (χ1v) is 21.1. The highest BCUT2D eigenvalue weighted by molar-refractivity contribution is 7.11. The molecule has 282 valence electrons. The van der Waals surface area contributed by atoms with E-state index in [1.54, 1.807) is 0 Å². The Morgan fingerprint density at radius 2 is 0.500 bits per heavy atom. The molecule has 2 nitrogen and oxygen atoms in total. The molecule has 0 atom stereocenters. The molecule has 2 aliphatic rings. The maximum Gasteiger partial charge on any atom is 0.361 e. The van der Waals surface area contributed by atoms with E-state index in [4.69, 9.17) is 0 Å². The Bertz CT molecular complexity index is 2750. The van der Waals surface area contributed by atoms with Crippen LogP contribution in [-0.4, -0.2) is 12.6 Å². The normalized spacial score (nSPS) is 14.5. The van der Waals surface area contributed by atoms with Crippen molar-refractivity contribution in [1.29, 1.82) is 0 Å². The van der Waals surface area contributed by atoms with E-state index in [-0.39, 0.29) is 0 Å². The molecule has 9 aromatic rings. The van der Waals surface area contributed by atoms with Crippen molar-refractivity contribution in [2.45, 2.75) is 0 Å². The van der Waals surface area contributed by atoms with Crippen LogP contribution in [-0.2, 0) is 0 Å². The summed E-state index contributed by atoms with van der Waals surface area (Å²) in [7, 11) is 0. The Balaban J connectivity index is 1.03. The van der Waals surface area contributed by atoms with Gasteiger partial charge in [0.05, 0.1) is 0 Å². The van der Waals surface area contributed by atoms with Crippen LogP contribution < -0.4 is 30.8 Å². The van der Waals surface area contributed by atoms with Crippen LogP contribution in [0.1, 0.15) is 22.5 Å². The second-order valence-electron chi connectivity index (χ2n) is 16.3. The number of hydrogen-bond donors (Lipinski definition) is 0. The van der Waals surface area contributed by atoms with Gasteiger partial charge in [-0.15, -0.1) is 32.8 Å². The average Bonchev–Trinajstić information content (AvgIpc) is 3.88. The second kappa shape index (κ2) is 14.7. The van der Waals surface area contributed by atoms with Gasteiger partial charge >= 0.3 is 12.6 Å². The van der Waals surface area contributed by atoms with E-state index in [9.17, 15) is 0 Å². The van der Waals surface area contributed by atoms with Crippen molar-refractivity contribution in [3.63, 3.8) is 0 Å². The monoisotopic (exact) mass is 764 g/mol. The molecule has 0 saturated heterocycles. The SMILES string of the molecule is C1=C(c2ccccc2)[B-](c2ccccc2)(c2ccccc2)[n+]2cc(-c3ccc(-c4ccc5[n+](c4)[B-](c4ccccc4)(c4ccccc4)C(c4ccccc4)=C5)cc3)ccc21. The van der Waals surface area contributed by atoms with Gasteiger partial charge in [-0.2, -0.15) is 0 Å². The molecular formula is C56H42B2N2. The van der Waals surface area contributed by atoms with Crippen LogP contribution in [0.15, 0.2) is 243 Å². The van der Waals surface area contributed by atoms with Crippen molar-refractivity contribution < 1.29 is 8.96 Å². The topological polar surface area (TPSA) is 7.76 Å². The lowest BCUT2D eigenvalue weighted by Crippen LogP contribution is -2.78. The minimum absolute atomic E-state index is 1.18. The van der Waals surface area contributed by atoms with Gasteiger partial charge in [-0.05, 0) is 35.4 Å². The van der Waals surface area contributed by atoms with Crippen LogP contribution in [0.2, 0.25) is 0 Å². The van der Waals surface area contributed by atoms with Crippen LogP contribution in [0, 0.1) is 0 Å². The van der Waals surface area contributed by atoms with Crippen molar-refractivity contribution in [2.24, 2.45) is 0 Å². The predicted molar refractivity (Wildman–Crippen MR) is 253 cm³/mol. The number of fused-ring (bicyclic) bond motifs is 2. The lowest BCUT2D eigenvalue weighted by atomic mass is 9.23. The summed E-state index contributed by atoms with van der Waals surface area (Å²) < 4.78 is 5.11. The first-order chi connectivity index (χ1) is 29.7. The van der Waals surface area contributed by atoms with E-state index < -0.39 is 12.6 Å². The molecule has 0 unspecified atom stereocenters. The zero-order valence-electron chi connectivity index (χ0n) is 33.3. The molecule has 7 aromatic carbocycles. The fourth-order valence-electron chi connectivity index (χ4n) is 10.6. The summed E-state index contributed by atoms with van der Waals surface area (Å²) in [5.74, 6) is 0. The minimum Gasteiger partial charge on any atom is -0.408 e. The van der Waals surface area contributed by atoms with Gasteiger partial charge < -0.3 is 8.96 Å². The summed E-state index contributed by atoms with van der Waals surface area (Å²) in [4.78, 5) is 0. The number of hydrogen-bond acceptors (Lipinski definition) is 0. The molecule has 0 N–H and O–H groups in total. The third kappa shape index (κ3) is 5.60. The van der Waals surface area contributed by atoms with Crippen LogP contribution >= 0.6 is 0 Å². The van der Waals surface area contributed by atoms with Gasteiger partial charge in [0.2, 0.25) is 0 Å². The van der Waals surface area contributed by atoms with Gasteiger partial charge in [-0.1, -0.05) is 217 Å². The third-order valence-corrected chi connectivity index (χ3v) is 13.3. The van der Waals surface area contributed by atoms with Crippen LogP contribution in [0.4, 0.5) is 0 Å². The average molecular weight is 765 g/mol. The van der Waals surface area contributed by atoms with E-state index in [1.165, 1.54) is 77.6 Å². The molecule has 2 aromatic heterocycles. The summed E-state index contributed by atoms with van der Waals surface area (Å²) in [5, 5.41) is 0. The standard InChI is InChI=1S/C56H42B2N2/c1-7-19-45(20-8-1)55-39-53-37-35-47(41-59(53)57(55,49-23-11-3-12-24-49)50-25-13-4-14-26-50)43-31-33-44(34-32-43)48-36-38-54-40-56(46-21-9-2-10-22-46)58(60(54)42-48,51-27-15-5-16-28-51)52-29-17-6-18-30-52/h1-42H. The Hall–Kier alpha value is -7.55. The van der Waals surface area contributed by atoms with E-state index in [0.717, 1.165) is 0 Å². The molecule has 0 amide bonds. The minimum atomic E-state index is -1.54. The van der Waals surface area contributed by atoms with Gasteiger partial charge in [0, 0.05) is 23.3 Å². The number of aromatic nitrogens is 2. The molecule has 0 spiro atoms. The predicted octanol–water partition coefficient (Wildman–Crippen LogP) is 9.00. The highest BCUT2D eigenvalue weighted by Crippen LogP contribution is 2.35. The van der Waals surface area contributed by atoms with Gasteiger partial charge in [-0.25, -0.2) is 0 Å². The van der Waals surface area contributed by atoms with E-state index in [1.807, 2.05) is 0 Å². The van der Waals surface area contributed by atoms with E-state index in [0.29, 0.717) is 0 Å². The zero-order valence-corrected chi connectivity index (χ0v) is 33.3. The van der Waals surface area contributed by atoms with Crippen molar-refractivity contribution >= 4 is 57.5 Å². The lowest BCUT2D eigenvalue weighted by molar-refractivity contribution is -0.538. The number of pyridine rings is 2. The molecule has 60 heavy (non-hydrogen) atoms. The third-order valence-electron chi connectivity index (χ3n) is 13.3. The van der Waals surface area contributed by atoms with Crippen molar-refractivity contribution in [3.8, 4) is 22.3 Å². The maximum atomic E-state index is 2.56. The fourth-order valence-corrected chi connectivity index (χ4v) is 10.6. The number of rotatable bonds is 8. The van der Waals surface area contributed by atoms with Crippen molar-refractivity contribution in [3.05, 3.63) is 265 Å². The van der Waals surface area contributed by atoms with Crippen LogP contribution in [0.3, 0.4) is 0 Å². The summed E-state index contributed by atoms with van der Waals surface area (Å²) in [6.45, 7) is 0. The molecule has 0 aliphatic carbocycles. The highest BCUT2D eigenvalue weighted by atomic mass is 14.9. The van der Waals surface area contributed by atoms with Gasteiger partial charge in [0.15, 0.2) is 0 Å². The maximum absolute atomic E-state index is 2.56. The molecule has 0 radical (unpaired) electrons. The molecule has 0 saturated carbocycles. The first kappa shape index (κ1) is 35.6. The summed E-state index contributed by atoms with van der Waals surface area (Å²) in [6, 6.07) is 84.3. The van der Waals surface area contributed by atoms with Crippen molar-refractivity contribution in [1.82, 2.24) is 0 Å². The van der Waals surface area contributed by atoms with Crippen LogP contribution in [0.25, 0.3) is 45.4 Å². The summed E-state index contributed by atoms with van der Waals surface area (Å²) in [6.07, 6.45) is 6.49. The summed E-state index contributed by atoms with van der Waals surface area (Å²) in [5.41, 5.74) is 17.4. The largest absolute Gasteiger partial charge is 0.408 e. The molecule has 0 bridgehead atoms. The Morgan fingerprint density at radius 1 is 0.233 bits per heavy atom. The van der Waals surface area contributed by atoms with Gasteiger partial charge in [0.25, 0.3) is 0 Å². The lowest BCUT2D eigenvalue weighted by Gasteiger charge is -2.36. The number of benzene rings is 7. The molecule has 0 fully saturated rings. The molecular weight excluding hydrogens is 722 g/mol.